The fraction of sp³-hybridized carbons (Fsp3) is 0.0588. The summed E-state index contributed by atoms with van der Waals surface area (Å²) in [5.41, 5.74) is 2.71. The third-order valence-corrected chi connectivity index (χ3v) is 3.45. The lowest BCUT2D eigenvalue weighted by Gasteiger charge is -2.08. The molecule has 3 aromatic rings. The first-order valence-corrected chi connectivity index (χ1v) is 7.09. The van der Waals surface area contributed by atoms with Crippen LogP contribution in [0.5, 0.6) is 0 Å². The number of hydrogen-bond acceptors (Lipinski definition) is 4. The summed E-state index contributed by atoms with van der Waals surface area (Å²) in [6.07, 6.45) is 4.36. The van der Waals surface area contributed by atoms with Crippen molar-refractivity contribution in [3.8, 4) is 0 Å². The SMILES string of the molecule is Cn1cc(C(=O)N/N=C/c2ccccn2)c(=O)c2cc(F)ccc21. The van der Waals surface area contributed by atoms with E-state index in [4.69, 9.17) is 0 Å². The first-order valence-electron chi connectivity index (χ1n) is 7.09. The number of benzene rings is 1. The number of aromatic nitrogens is 2. The zero-order valence-corrected chi connectivity index (χ0v) is 12.7. The first kappa shape index (κ1) is 15.5. The van der Waals surface area contributed by atoms with Crippen LogP contribution in [0.25, 0.3) is 10.9 Å². The van der Waals surface area contributed by atoms with Gasteiger partial charge in [0, 0.05) is 24.8 Å². The summed E-state index contributed by atoms with van der Waals surface area (Å²) < 4.78 is 15.0. The average molecular weight is 324 g/mol. The highest BCUT2D eigenvalue weighted by Gasteiger charge is 2.14. The predicted octanol–water partition coefficient (Wildman–Crippen LogP) is 1.84. The number of amides is 1. The molecule has 6 nitrogen and oxygen atoms in total. The van der Waals surface area contributed by atoms with Crippen LogP contribution < -0.4 is 10.9 Å². The highest BCUT2D eigenvalue weighted by molar-refractivity contribution is 5.97. The molecule has 24 heavy (non-hydrogen) atoms. The van der Waals surface area contributed by atoms with E-state index in [2.05, 4.69) is 15.5 Å². The second kappa shape index (κ2) is 6.41. The van der Waals surface area contributed by atoms with Gasteiger partial charge in [-0.05, 0) is 30.3 Å². The summed E-state index contributed by atoms with van der Waals surface area (Å²) >= 11 is 0. The molecule has 1 aromatic carbocycles. The van der Waals surface area contributed by atoms with Crippen molar-refractivity contribution in [1.82, 2.24) is 15.0 Å². The van der Waals surface area contributed by atoms with Crippen molar-refractivity contribution in [2.45, 2.75) is 0 Å². The Labute approximate surface area is 136 Å². The molecule has 0 aliphatic carbocycles. The molecule has 2 aromatic heterocycles. The maximum Gasteiger partial charge on any atom is 0.276 e. The van der Waals surface area contributed by atoms with Gasteiger partial charge in [-0.15, -0.1) is 0 Å². The number of halogens is 1. The molecule has 2 heterocycles. The van der Waals surface area contributed by atoms with Crippen LogP contribution in [0.4, 0.5) is 4.39 Å². The van der Waals surface area contributed by atoms with Gasteiger partial charge in [-0.3, -0.25) is 14.6 Å². The zero-order valence-electron chi connectivity index (χ0n) is 12.7. The largest absolute Gasteiger partial charge is 0.350 e. The lowest BCUT2D eigenvalue weighted by molar-refractivity contribution is 0.0953. The molecule has 0 bridgehead atoms. The number of carbonyl (C=O) groups excluding carboxylic acids is 1. The summed E-state index contributed by atoms with van der Waals surface area (Å²) in [6, 6.07) is 9.13. The third kappa shape index (κ3) is 3.05. The number of rotatable bonds is 3. The van der Waals surface area contributed by atoms with Crippen LogP contribution in [-0.4, -0.2) is 21.7 Å². The molecule has 0 spiro atoms. The molecule has 120 valence electrons. The van der Waals surface area contributed by atoms with E-state index in [1.54, 1.807) is 36.0 Å². The number of carbonyl (C=O) groups is 1. The minimum atomic E-state index is -0.672. The van der Waals surface area contributed by atoms with Crippen LogP contribution in [-0.2, 0) is 7.05 Å². The molecule has 0 fully saturated rings. The molecular weight excluding hydrogens is 311 g/mol. The Balaban J connectivity index is 1.91. The second-order valence-electron chi connectivity index (χ2n) is 5.10. The number of nitrogens with zero attached hydrogens (tertiary/aromatic N) is 3. The standard InChI is InChI=1S/C17H13FN4O2/c1-22-10-14(16(23)13-8-11(18)5-6-15(13)22)17(24)21-20-9-12-4-2-3-7-19-12/h2-10H,1H3,(H,21,24)/b20-9+. The summed E-state index contributed by atoms with van der Waals surface area (Å²) in [5.74, 6) is -1.21. The van der Waals surface area contributed by atoms with Crippen molar-refractivity contribution in [1.29, 1.82) is 0 Å². The highest BCUT2D eigenvalue weighted by atomic mass is 19.1. The van der Waals surface area contributed by atoms with Crippen LogP contribution in [0, 0.1) is 5.82 Å². The van der Waals surface area contributed by atoms with Crippen LogP contribution in [0.2, 0.25) is 0 Å². The lowest BCUT2D eigenvalue weighted by atomic mass is 10.1. The van der Waals surface area contributed by atoms with Crippen molar-refractivity contribution in [2.24, 2.45) is 12.1 Å². The van der Waals surface area contributed by atoms with Crippen LogP contribution in [0.1, 0.15) is 16.1 Å². The molecule has 1 amide bonds. The molecule has 0 saturated carbocycles. The maximum atomic E-state index is 13.4. The Hall–Kier alpha value is -3.35. The molecule has 0 aliphatic rings. The molecule has 0 unspecified atom stereocenters. The maximum absolute atomic E-state index is 13.4. The first-order chi connectivity index (χ1) is 11.6. The fourth-order valence-corrected chi connectivity index (χ4v) is 2.30. The monoisotopic (exact) mass is 324 g/mol. The molecule has 0 saturated heterocycles. The zero-order chi connectivity index (χ0) is 17.1. The highest BCUT2D eigenvalue weighted by Crippen LogP contribution is 2.12. The van der Waals surface area contributed by atoms with E-state index in [-0.39, 0.29) is 10.9 Å². The molecule has 0 aliphatic heterocycles. The van der Waals surface area contributed by atoms with Crippen molar-refractivity contribution >= 4 is 23.0 Å². The Morgan fingerprint density at radius 2 is 2.17 bits per heavy atom. The predicted molar refractivity (Wildman–Crippen MR) is 88.4 cm³/mol. The van der Waals surface area contributed by atoms with Gasteiger partial charge in [0.25, 0.3) is 5.91 Å². The second-order valence-corrected chi connectivity index (χ2v) is 5.10. The summed E-state index contributed by atoms with van der Waals surface area (Å²) in [6.45, 7) is 0. The summed E-state index contributed by atoms with van der Waals surface area (Å²) in [5, 5.41) is 3.91. The number of hydrogen-bond donors (Lipinski definition) is 1. The number of pyridine rings is 2. The quantitative estimate of drug-likeness (QED) is 0.590. The van der Waals surface area contributed by atoms with Crippen molar-refractivity contribution < 1.29 is 9.18 Å². The van der Waals surface area contributed by atoms with E-state index in [0.29, 0.717) is 11.2 Å². The van der Waals surface area contributed by atoms with Gasteiger partial charge in [-0.25, -0.2) is 9.82 Å². The molecule has 1 N–H and O–H groups in total. The molecular formula is C17H13FN4O2. The Morgan fingerprint density at radius 3 is 2.92 bits per heavy atom. The third-order valence-electron chi connectivity index (χ3n) is 3.45. The fourth-order valence-electron chi connectivity index (χ4n) is 2.30. The van der Waals surface area contributed by atoms with Crippen LogP contribution >= 0.6 is 0 Å². The van der Waals surface area contributed by atoms with E-state index in [9.17, 15) is 14.0 Å². The smallest absolute Gasteiger partial charge is 0.276 e. The van der Waals surface area contributed by atoms with E-state index in [1.807, 2.05) is 0 Å². The van der Waals surface area contributed by atoms with Gasteiger partial charge >= 0.3 is 0 Å². The summed E-state index contributed by atoms with van der Waals surface area (Å²) in [7, 11) is 1.67. The van der Waals surface area contributed by atoms with E-state index < -0.39 is 17.2 Å². The minimum Gasteiger partial charge on any atom is -0.350 e. The van der Waals surface area contributed by atoms with Gasteiger partial charge in [-0.2, -0.15) is 5.10 Å². The van der Waals surface area contributed by atoms with Gasteiger partial charge in [-0.1, -0.05) is 6.07 Å². The van der Waals surface area contributed by atoms with Gasteiger partial charge in [0.2, 0.25) is 5.43 Å². The van der Waals surface area contributed by atoms with E-state index in [1.165, 1.54) is 24.5 Å². The van der Waals surface area contributed by atoms with E-state index in [0.717, 1.165) is 6.07 Å². The van der Waals surface area contributed by atoms with Crippen molar-refractivity contribution in [2.75, 3.05) is 0 Å². The summed E-state index contributed by atoms with van der Waals surface area (Å²) in [4.78, 5) is 28.6. The van der Waals surface area contributed by atoms with Gasteiger partial charge in [0.1, 0.15) is 11.4 Å². The van der Waals surface area contributed by atoms with Crippen molar-refractivity contribution in [3.05, 3.63) is 76.1 Å². The number of fused-ring (bicyclic) bond motifs is 1. The minimum absolute atomic E-state index is 0.117. The van der Waals surface area contributed by atoms with Crippen LogP contribution in [0.15, 0.2) is 58.7 Å². The van der Waals surface area contributed by atoms with Crippen molar-refractivity contribution in [3.63, 3.8) is 0 Å². The normalized spacial score (nSPS) is 11.1. The average Bonchev–Trinajstić information content (AvgIpc) is 2.58. The van der Waals surface area contributed by atoms with Crippen LogP contribution in [0.3, 0.4) is 0 Å². The molecule has 7 heteroatoms. The van der Waals surface area contributed by atoms with Gasteiger partial charge in [0.05, 0.1) is 17.4 Å². The Bertz CT molecular complexity index is 997. The van der Waals surface area contributed by atoms with Gasteiger partial charge in [0.15, 0.2) is 0 Å². The molecule has 0 atom stereocenters. The van der Waals surface area contributed by atoms with E-state index >= 15 is 0 Å². The lowest BCUT2D eigenvalue weighted by Crippen LogP contribution is -2.26. The number of hydrazone groups is 1. The Kier molecular flexibility index (Phi) is 4.15. The topological polar surface area (TPSA) is 76.3 Å². The Morgan fingerprint density at radius 1 is 1.33 bits per heavy atom. The van der Waals surface area contributed by atoms with Gasteiger partial charge < -0.3 is 4.57 Å². The molecule has 3 rings (SSSR count). The number of aryl methyl sites for hydroxylation is 1. The number of nitrogens with one attached hydrogen (secondary N) is 1. The molecule has 0 radical (unpaired) electrons.